The van der Waals surface area contributed by atoms with Crippen molar-refractivity contribution in [2.24, 2.45) is 0 Å². The fourth-order valence-electron chi connectivity index (χ4n) is 2.35. The highest BCUT2D eigenvalue weighted by molar-refractivity contribution is 5.84. The molecule has 2 rings (SSSR count). The Bertz CT molecular complexity index is 604. The van der Waals surface area contributed by atoms with Crippen molar-refractivity contribution < 1.29 is 4.74 Å². The predicted octanol–water partition coefficient (Wildman–Crippen LogP) is 4.73. The third-order valence-electron chi connectivity index (χ3n) is 4.41. The van der Waals surface area contributed by atoms with Crippen molar-refractivity contribution in [2.45, 2.75) is 45.6 Å². The third-order valence-corrected chi connectivity index (χ3v) is 4.41. The molecule has 0 saturated heterocycles. The molecule has 1 atom stereocenters. The summed E-state index contributed by atoms with van der Waals surface area (Å²) in [5, 5.41) is 6.16. The van der Waals surface area contributed by atoms with Gasteiger partial charge in [-0.15, -0.1) is 0 Å². The Morgan fingerprint density at radius 2 is 1.76 bits per heavy atom. The molecule has 0 spiro atoms. The van der Waals surface area contributed by atoms with Gasteiger partial charge in [0, 0.05) is 12.1 Å². The smallest absolute Gasteiger partial charge is 0.119 e. The second kappa shape index (κ2) is 6.48. The van der Waals surface area contributed by atoms with Gasteiger partial charge in [0.25, 0.3) is 0 Å². The van der Waals surface area contributed by atoms with E-state index < -0.39 is 0 Å². The third kappa shape index (κ3) is 3.98. The number of benzene rings is 2. The van der Waals surface area contributed by atoms with Crippen LogP contribution in [0.25, 0.3) is 10.8 Å². The van der Waals surface area contributed by atoms with Crippen LogP contribution in [0.3, 0.4) is 0 Å². The Hall–Kier alpha value is -1.54. The minimum absolute atomic E-state index is 0.207. The Morgan fingerprint density at radius 1 is 1.10 bits per heavy atom. The number of hydrogen-bond donors (Lipinski definition) is 1. The number of nitrogens with one attached hydrogen (secondary N) is 1. The lowest BCUT2D eigenvalue weighted by molar-refractivity contribution is 0.367. The Balaban J connectivity index is 2.15. The summed E-state index contributed by atoms with van der Waals surface area (Å²) in [7, 11) is 1.71. The molecule has 2 aromatic carbocycles. The average molecular weight is 285 g/mol. The molecule has 0 amide bonds. The molecule has 0 bridgehead atoms. The summed E-state index contributed by atoms with van der Waals surface area (Å²) < 4.78 is 5.28. The zero-order chi connectivity index (χ0) is 15.5. The molecular weight excluding hydrogens is 258 g/mol. The van der Waals surface area contributed by atoms with Crippen molar-refractivity contribution >= 4 is 10.8 Å². The maximum Gasteiger partial charge on any atom is 0.119 e. The maximum atomic E-state index is 5.28. The molecule has 1 unspecified atom stereocenters. The highest BCUT2D eigenvalue weighted by Crippen LogP contribution is 2.25. The van der Waals surface area contributed by atoms with E-state index in [1.54, 1.807) is 7.11 Å². The zero-order valence-corrected chi connectivity index (χ0v) is 13.9. The summed E-state index contributed by atoms with van der Waals surface area (Å²) in [6.07, 6.45) is 1.14. The molecule has 114 valence electrons. The van der Waals surface area contributed by atoms with Gasteiger partial charge in [0.2, 0.25) is 0 Å². The molecule has 0 aliphatic heterocycles. The molecule has 0 radical (unpaired) electrons. The molecule has 0 saturated carbocycles. The van der Waals surface area contributed by atoms with Gasteiger partial charge < -0.3 is 10.1 Å². The lowest BCUT2D eigenvalue weighted by atomic mass is 9.95. The molecule has 0 aliphatic rings. The number of fused-ring (bicyclic) bond motifs is 1. The Morgan fingerprint density at radius 3 is 2.43 bits per heavy atom. The SMILES string of the molecule is CCC(C)(C)NCC(C)c1ccc2cc(OC)ccc2c1. The summed E-state index contributed by atoms with van der Waals surface area (Å²) in [5.74, 6) is 1.41. The van der Waals surface area contributed by atoms with Crippen molar-refractivity contribution in [1.29, 1.82) is 0 Å². The molecule has 0 aromatic heterocycles. The lowest BCUT2D eigenvalue weighted by Crippen LogP contribution is -2.40. The number of methoxy groups -OCH3 is 1. The van der Waals surface area contributed by atoms with Crippen LogP contribution >= 0.6 is 0 Å². The van der Waals surface area contributed by atoms with Gasteiger partial charge in [-0.05, 0) is 54.7 Å². The summed E-state index contributed by atoms with van der Waals surface area (Å²) in [4.78, 5) is 0. The number of hydrogen-bond acceptors (Lipinski definition) is 2. The number of ether oxygens (including phenoxy) is 1. The summed E-state index contributed by atoms with van der Waals surface area (Å²) in [6, 6.07) is 13.0. The van der Waals surface area contributed by atoms with E-state index in [1.165, 1.54) is 16.3 Å². The van der Waals surface area contributed by atoms with Crippen LogP contribution in [-0.4, -0.2) is 19.2 Å². The summed E-state index contributed by atoms with van der Waals surface area (Å²) in [6.45, 7) is 10.0. The van der Waals surface area contributed by atoms with Crippen LogP contribution in [0.1, 0.15) is 45.6 Å². The van der Waals surface area contributed by atoms with Gasteiger partial charge in [-0.1, -0.05) is 38.1 Å². The van der Waals surface area contributed by atoms with Gasteiger partial charge >= 0.3 is 0 Å². The largest absolute Gasteiger partial charge is 0.497 e. The topological polar surface area (TPSA) is 21.3 Å². The number of rotatable bonds is 6. The minimum Gasteiger partial charge on any atom is -0.497 e. The fourth-order valence-corrected chi connectivity index (χ4v) is 2.35. The van der Waals surface area contributed by atoms with E-state index in [1.807, 2.05) is 6.07 Å². The van der Waals surface area contributed by atoms with E-state index in [2.05, 4.69) is 63.3 Å². The Kier molecular flexibility index (Phi) is 4.89. The van der Waals surface area contributed by atoms with Crippen molar-refractivity contribution in [3.8, 4) is 5.75 Å². The lowest BCUT2D eigenvalue weighted by Gasteiger charge is -2.27. The second-order valence-electron chi connectivity index (χ2n) is 6.49. The second-order valence-corrected chi connectivity index (χ2v) is 6.49. The van der Waals surface area contributed by atoms with E-state index in [0.717, 1.165) is 18.7 Å². The zero-order valence-electron chi connectivity index (χ0n) is 13.9. The fraction of sp³-hybridized carbons (Fsp3) is 0.474. The van der Waals surface area contributed by atoms with Crippen LogP contribution in [0.15, 0.2) is 36.4 Å². The van der Waals surface area contributed by atoms with Crippen LogP contribution in [0.2, 0.25) is 0 Å². The molecular formula is C19H27NO. The van der Waals surface area contributed by atoms with Gasteiger partial charge in [0.15, 0.2) is 0 Å². The van der Waals surface area contributed by atoms with Crippen LogP contribution in [-0.2, 0) is 0 Å². The highest BCUT2D eigenvalue weighted by Gasteiger charge is 2.16. The molecule has 0 fully saturated rings. The maximum absolute atomic E-state index is 5.28. The van der Waals surface area contributed by atoms with Gasteiger partial charge in [0.05, 0.1) is 7.11 Å². The van der Waals surface area contributed by atoms with E-state index >= 15 is 0 Å². The first-order chi connectivity index (χ1) is 9.95. The molecule has 1 N–H and O–H groups in total. The van der Waals surface area contributed by atoms with E-state index in [0.29, 0.717) is 5.92 Å². The Labute approximate surface area is 128 Å². The minimum atomic E-state index is 0.207. The first-order valence-electron chi connectivity index (χ1n) is 7.78. The molecule has 0 heterocycles. The molecule has 2 nitrogen and oxygen atoms in total. The van der Waals surface area contributed by atoms with Gasteiger partial charge in [-0.25, -0.2) is 0 Å². The van der Waals surface area contributed by atoms with Crippen LogP contribution in [0, 0.1) is 0 Å². The highest BCUT2D eigenvalue weighted by atomic mass is 16.5. The summed E-state index contributed by atoms with van der Waals surface area (Å²) >= 11 is 0. The standard InChI is InChI=1S/C19H27NO/c1-6-19(3,4)20-13-14(2)15-7-8-17-12-18(21-5)10-9-16(17)11-15/h7-12,14,20H,6,13H2,1-5H3. The van der Waals surface area contributed by atoms with Crippen molar-refractivity contribution in [2.75, 3.05) is 13.7 Å². The average Bonchev–Trinajstić information content (AvgIpc) is 2.51. The first kappa shape index (κ1) is 15.8. The van der Waals surface area contributed by atoms with Gasteiger partial charge in [-0.2, -0.15) is 0 Å². The molecule has 0 aliphatic carbocycles. The van der Waals surface area contributed by atoms with E-state index in [9.17, 15) is 0 Å². The molecule has 2 aromatic rings. The monoisotopic (exact) mass is 285 g/mol. The van der Waals surface area contributed by atoms with E-state index in [4.69, 9.17) is 4.74 Å². The van der Waals surface area contributed by atoms with Crippen LogP contribution in [0.5, 0.6) is 5.75 Å². The van der Waals surface area contributed by atoms with Crippen molar-refractivity contribution in [3.63, 3.8) is 0 Å². The van der Waals surface area contributed by atoms with Crippen molar-refractivity contribution in [3.05, 3.63) is 42.0 Å². The van der Waals surface area contributed by atoms with Crippen LogP contribution < -0.4 is 10.1 Å². The first-order valence-corrected chi connectivity index (χ1v) is 7.78. The van der Waals surface area contributed by atoms with Crippen molar-refractivity contribution in [1.82, 2.24) is 5.32 Å². The van der Waals surface area contributed by atoms with Crippen LogP contribution in [0.4, 0.5) is 0 Å². The summed E-state index contributed by atoms with van der Waals surface area (Å²) in [5.41, 5.74) is 1.59. The quantitative estimate of drug-likeness (QED) is 0.828. The van der Waals surface area contributed by atoms with Gasteiger partial charge in [-0.3, -0.25) is 0 Å². The normalized spacial score (nSPS) is 13.4. The molecule has 2 heteroatoms. The predicted molar refractivity (Wildman–Crippen MR) is 91.3 cm³/mol. The van der Waals surface area contributed by atoms with E-state index in [-0.39, 0.29) is 5.54 Å². The molecule has 21 heavy (non-hydrogen) atoms. The van der Waals surface area contributed by atoms with Gasteiger partial charge in [0.1, 0.15) is 5.75 Å².